The van der Waals surface area contributed by atoms with Crippen LogP contribution in [0.5, 0.6) is 17.2 Å². The SMILES string of the molecule is CCC(Sc1cccc(NC(=O)/C(=C\c2cccc(OC)c2OC)NC(=O)c2ccccc2)c1)C(=O)Nc1ccc(O)c(C(=O)O)c1. The summed E-state index contributed by atoms with van der Waals surface area (Å²) >= 11 is 1.26. The molecule has 0 fully saturated rings. The zero-order valence-corrected chi connectivity index (χ0v) is 26.6. The maximum absolute atomic E-state index is 13.6. The fourth-order valence-corrected chi connectivity index (χ4v) is 5.48. The molecule has 11 nitrogen and oxygen atoms in total. The summed E-state index contributed by atoms with van der Waals surface area (Å²) in [6.45, 7) is 1.84. The van der Waals surface area contributed by atoms with Gasteiger partial charge in [0.05, 0.1) is 19.5 Å². The van der Waals surface area contributed by atoms with Gasteiger partial charge in [0, 0.05) is 27.4 Å². The van der Waals surface area contributed by atoms with Crippen molar-refractivity contribution in [3.8, 4) is 17.2 Å². The number of benzene rings is 4. The van der Waals surface area contributed by atoms with Crippen molar-refractivity contribution in [1.82, 2.24) is 5.32 Å². The number of para-hydroxylation sites is 1. The Balaban J connectivity index is 1.55. The number of rotatable bonds is 13. The smallest absolute Gasteiger partial charge is 0.339 e. The maximum Gasteiger partial charge on any atom is 0.339 e. The minimum absolute atomic E-state index is 0.0519. The summed E-state index contributed by atoms with van der Waals surface area (Å²) in [6.07, 6.45) is 1.93. The highest BCUT2D eigenvalue weighted by atomic mass is 32.2. The van der Waals surface area contributed by atoms with Gasteiger partial charge in [0.2, 0.25) is 5.91 Å². The van der Waals surface area contributed by atoms with Crippen molar-refractivity contribution in [3.63, 3.8) is 0 Å². The van der Waals surface area contributed by atoms with Gasteiger partial charge in [-0.05, 0) is 67.1 Å². The molecular weight excluding hydrogens is 622 g/mol. The second-order valence-corrected chi connectivity index (χ2v) is 11.3. The van der Waals surface area contributed by atoms with E-state index in [1.807, 2.05) is 6.92 Å². The van der Waals surface area contributed by atoms with Crippen LogP contribution in [-0.4, -0.2) is 53.4 Å². The van der Waals surface area contributed by atoms with Gasteiger partial charge in [-0.25, -0.2) is 4.79 Å². The highest BCUT2D eigenvalue weighted by molar-refractivity contribution is 8.00. The minimum atomic E-state index is -1.32. The van der Waals surface area contributed by atoms with E-state index in [0.717, 1.165) is 0 Å². The number of nitrogens with one attached hydrogen (secondary N) is 3. The Morgan fingerprint density at radius 1 is 0.851 bits per heavy atom. The number of carboxylic acids is 1. The van der Waals surface area contributed by atoms with Gasteiger partial charge in [-0.3, -0.25) is 14.4 Å². The summed E-state index contributed by atoms with van der Waals surface area (Å²) in [6, 6.07) is 24.3. The second kappa shape index (κ2) is 16.0. The summed E-state index contributed by atoms with van der Waals surface area (Å²) in [4.78, 5) is 51.8. The van der Waals surface area contributed by atoms with Crippen molar-refractivity contribution in [2.45, 2.75) is 23.5 Å². The van der Waals surface area contributed by atoms with Gasteiger partial charge in [-0.1, -0.05) is 43.3 Å². The van der Waals surface area contributed by atoms with Gasteiger partial charge in [0.1, 0.15) is 17.0 Å². The molecule has 0 aromatic heterocycles. The van der Waals surface area contributed by atoms with E-state index in [9.17, 15) is 29.4 Å². The predicted octanol–water partition coefficient (Wildman–Crippen LogP) is 6.03. The molecule has 0 aliphatic carbocycles. The highest BCUT2D eigenvalue weighted by Crippen LogP contribution is 2.33. The number of carbonyl (C=O) groups excluding carboxylic acids is 3. The number of hydrogen-bond donors (Lipinski definition) is 5. The molecule has 5 N–H and O–H groups in total. The Bertz CT molecular complexity index is 1810. The topological polar surface area (TPSA) is 163 Å². The quantitative estimate of drug-likeness (QED) is 0.0658. The van der Waals surface area contributed by atoms with E-state index in [1.165, 1.54) is 50.3 Å². The van der Waals surface area contributed by atoms with Crippen molar-refractivity contribution in [2.75, 3.05) is 24.9 Å². The number of aromatic hydroxyl groups is 1. The number of anilines is 2. The Morgan fingerprint density at radius 3 is 2.26 bits per heavy atom. The van der Waals surface area contributed by atoms with E-state index in [-0.39, 0.29) is 22.9 Å². The third-order valence-corrected chi connectivity index (χ3v) is 8.15. The van der Waals surface area contributed by atoms with Crippen LogP contribution in [0.4, 0.5) is 11.4 Å². The van der Waals surface area contributed by atoms with Crippen LogP contribution in [0.2, 0.25) is 0 Å². The Hall–Kier alpha value is -5.75. The number of hydrogen-bond acceptors (Lipinski definition) is 8. The number of thioether (sulfide) groups is 1. The average molecular weight is 656 g/mol. The molecule has 0 heterocycles. The number of methoxy groups -OCH3 is 2. The fraction of sp³-hybridized carbons (Fsp3) is 0.143. The van der Waals surface area contributed by atoms with E-state index in [4.69, 9.17) is 9.47 Å². The molecule has 0 radical (unpaired) electrons. The van der Waals surface area contributed by atoms with Crippen LogP contribution in [0.1, 0.15) is 39.6 Å². The predicted molar refractivity (Wildman–Crippen MR) is 180 cm³/mol. The number of amides is 3. The number of phenols is 1. The van der Waals surface area contributed by atoms with E-state index < -0.39 is 28.8 Å². The zero-order chi connectivity index (χ0) is 33.9. The third-order valence-electron chi connectivity index (χ3n) is 6.79. The number of ether oxygens (including phenoxy) is 2. The van der Waals surface area contributed by atoms with Crippen molar-refractivity contribution < 1.29 is 38.9 Å². The molecule has 242 valence electrons. The molecule has 1 atom stereocenters. The first kappa shape index (κ1) is 34.1. The molecule has 0 aliphatic rings. The molecule has 4 rings (SSSR count). The minimum Gasteiger partial charge on any atom is -0.507 e. The van der Waals surface area contributed by atoms with Crippen LogP contribution in [0.25, 0.3) is 6.08 Å². The molecule has 3 amide bonds. The van der Waals surface area contributed by atoms with E-state index in [1.54, 1.807) is 72.8 Å². The first-order chi connectivity index (χ1) is 22.6. The zero-order valence-electron chi connectivity index (χ0n) is 25.8. The van der Waals surface area contributed by atoms with E-state index >= 15 is 0 Å². The van der Waals surface area contributed by atoms with Crippen molar-refractivity contribution >= 4 is 52.9 Å². The third kappa shape index (κ3) is 8.92. The summed E-state index contributed by atoms with van der Waals surface area (Å²) in [5.74, 6) is -2.36. The molecular formula is C35H33N3O8S. The van der Waals surface area contributed by atoms with Crippen LogP contribution in [0.3, 0.4) is 0 Å². The summed E-state index contributed by atoms with van der Waals surface area (Å²) in [5.41, 5.74) is 1.12. The fourth-order valence-electron chi connectivity index (χ4n) is 4.46. The normalized spacial score (nSPS) is 11.6. The standard InChI is InChI=1S/C35H33N3O8S/c1-4-30(34(42)37-24-16-17-28(39)26(20-24)35(43)44)47-25-14-9-13-23(19-25)36-33(41)27(38-32(40)21-10-6-5-7-11-21)18-22-12-8-15-29(45-2)31(22)46-3/h5-20,30,39H,4H2,1-3H3,(H,36,41)(H,37,42)(H,38,40)(H,43,44)/b27-18+. The summed E-state index contributed by atoms with van der Waals surface area (Å²) < 4.78 is 10.9. The number of aromatic carboxylic acids is 1. The van der Waals surface area contributed by atoms with Crippen LogP contribution < -0.4 is 25.4 Å². The number of carboxylic acid groups (broad SMARTS) is 1. The average Bonchev–Trinajstić information content (AvgIpc) is 3.07. The van der Waals surface area contributed by atoms with Gasteiger partial charge in [-0.15, -0.1) is 11.8 Å². The van der Waals surface area contributed by atoms with Crippen molar-refractivity contribution in [1.29, 1.82) is 0 Å². The first-order valence-electron chi connectivity index (χ1n) is 14.4. The lowest BCUT2D eigenvalue weighted by atomic mass is 10.1. The number of carbonyl (C=O) groups is 4. The van der Waals surface area contributed by atoms with Gasteiger partial charge < -0.3 is 35.6 Å². The Kier molecular flexibility index (Phi) is 11.6. The van der Waals surface area contributed by atoms with E-state index in [0.29, 0.717) is 39.6 Å². The van der Waals surface area contributed by atoms with Crippen LogP contribution in [0.15, 0.2) is 102 Å². The molecule has 4 aromatic carbocycles. The first-order valence-corrected chi connectivity index (χ1v) is 15.3. The lowest BCUT2D eigenvalue weighted by Crippen LogP contribution is -2.30. The van der Waals surface area contributed by atoms with Gasteiger partial charge in [0.25, 0.3) is 11.8 Å². The van der Waals surface area contributed by atoms with Crippen LogP contribution in [-0.2, 0) is 9.59 Å². The van der Waals surface area contributed by atoms with Crippen LogP contribution in [0, 0.1) is 0 Å². The summed E-state index contributed by atoms with van der Waals surface area (Å²) in [5, 5.41) is 26.7. The molecule has 12 heteroatoms. The molecule has 0 saturated carbocycles. The van der Waals surface area contributed by atoms with Crippen molar-refractivity contribution in [2.24, 2.45) is 0 Å². The largest absolute Gasteiger partial charge is 0.507 e. The lowest BCUT2D eigenvalue weighted by molar-refractivity contribution is -0.116. The summed E-state index contributed by atoms with van der Waals surface area (Å²) in [7, 11) is 2.97. The lowest BCUT2D eigenvalue weighted by Gasteiger charge is -2.16. The molecule has 0 bridgehead atoms. The van der Waals surface area contributed by atoms with Gasteiger partial charge in [-0.2, -0.15) is 0 Å². The maximum atomic E-state index is 13.6. The van der Waals surface area contributed by atoms with Crippen molar-refractivity contribution in [3.05, 3.63) is 113 Å². The molecule has 1 unspecified atom stereocenters. The van der Waals surface area contributed by atoms with Crippen LogP contribution >= 0.6 is 11.8 Å². The molecule has 4 aromatic rings. The van der Waals surface area contributed by atoms with Gasteiger partial charge >= 0.3 is 5.97 Å². The molecule has 0 spiro atoms. The molecule has 0 aliphatic heterocycles. The Labute approximate surface area is 275 Å². The second-order valence-electron chi connectivity index (χ2n) is 9.98. The Morgan fingerprint density at radius 2 is 1.57 bits per heavy atom. The molecule has 0 saturated heterocycles. The molecule has 47 heavy (non-hydrogen) atoms. The van der Waals surface area contributed by atoms with E-state index in [2.05, 4.69) is 16.0 Å². The highest BCUT2D eigenvalue weighted by Gasteiger charge is 2.21. The monoisotopic (exact) mass is 655 g/mol. The van der Waals surface area contributed by atoms with Gasteiger partial charge in [0.15, 0.2) is 11.5 Å².